The highest BCUT2D eigenvalue weighted by Crippen LogP contribution is 2.05. The Labute approximate surface area is 52.4 Å². The Bertz CT molecular complexity index is 169. The van der Waals surface area contributed by atoms with Gasteiger partial charge in [0.2, 0.25) is 0 Å². The molecule has 1 aliphatic heterocycles. The van der Waals surface area contributed by atoms with E-state index in [4.69, 9.17) is 17.0 Å². The lowest BCUT2D eigenvalue weighted by Crippen LogP contribution is -2.07. The number of hydrogen-bond acceptors (Lipinski definition) is 1. The van der Waals surface area contributed by atoms with Gasteiger partial charge >= 0.3 is 0 Å². The summed E-state index contributed by atoms with van der Waals surface area (Å²) in [6, 6.07) is 0. The summed E-state index contributed by atoms with van der Waals surface area (Å²) in [6.07, 6.45) is 4.63. The summed E-state index contributed by atoms with van der Waals surface area (Å²) in [5, 5.41) is 11.1. The number of allylic oxidation sites excluding steroid dienone is 2. The van der Waals surface area contributed by atoms with E-state index in [9.17, 15) is 0 Å². The molecular formula is C5H4ClN2. The smallest absolute Gasteiger partial charge is 0.145 e. The fourth-order valence-electron chi connectivity index (χ4n) is 0.405. The van der Waals surface area contributed by atoms with Crippen molar-refractivity contribution in [2.24, 2.45) is 0 Å². The first-order valence-electron chi connectivity index (χ1n) is 2.12. The molecule has 1 N–H and O–H groups in total. The van der Waals surface area contributed by atoms with Gasteiger partial charge in [-0.3, -0.25) is 5.41 Å². The van der Waals surface area contributed by atoms with Crippen molar-refractivity contribution in [1.82, 2.24) is 5.32 Å². The fourth-order valence-corrected chi connectivity index (χ4v) is 0.564. The lowest BCUT2D eigenvalue weighted by Gasteiger charge is -1.98. The summed E-state index contributed by atoms with van der Waals surface area (Å²) in [4.78, 5) is 0. The van der Waals surface area contributed by atoms with Gasteiger partial charge < -0.3 is 0 Å². The minimum absolute atomic E-state index is 0.206. The van der Waals surface area contributed by atoms with Crippen LogP contribution >= 0.6 is 11.6 Å². The van der Waals surface area contributed by atoms with Gasteiger partial charge in [0.25, 0.3) is 0 Å². The second-order valence-corrected chi connectivity index (χ2v) is 1.80. The van der Waals surface area contributed by atoms with Crippen molar-refractivity contribution in [1.29, 1.82) is 5.41 Å². The zero-order valence-corrected chi connectivity index (χ0v) is 4.81. The molecule has 0 saturated heterocycles. The third kappa shape index (κ3) is 1.10. The van der Waals surface area contributed by atoms with Gasteiger partial charge in [0, 0.05) is 17.3 Å². The highest BCUT2D eigenvalue weighted by molar-refractivity contribution is 6.33. The van der Waals surface area contributed by atoms with Gasteiger partial charge in [-0.25, -0.2) is 5.32 Å². The normalized spacial score (nSPS) is 17.6. The Morgan fingerprint density at radius 2 is 2.38 bits per heavy atom. The zero-order valence-electron chi connectivity index (χ0n) is 4.06. The molecule has 0 aromatic rings. The molecule has 1 radical (unpaired) electrons. The fraction of sp³-hybridized carbons (Fsp3) is 0. The zero-order chi connectivity index (χ0) is 5.98. The number of nitrogens with one attached hydrogen (secondary N) is 1. The second-order valence-electron chi connectivity index (χ2n) is 1.36. The summed E-state index contributed by atoms with van der Waals surface area (Å²) in [6.45, 7) is 0. The maximum absolute atomic E-state index is 6.94. The highest BCUT2D eigenvalue weighted by atomic mass is 35.5. The first-order valence-corrected chi connectivity index (χ1v) is 2.50. The van der Waals surface area contributed by atoms with Crippen molar-refractivity contribution in [3.05, 3.63) is 23.4 Å². The van der Waals surface area contributed by atoms with E-state index in [2.05, 4.69) is 5.32 Å². The van der Waals surface area contributed by atoms with Crippen LogP contribution < -0.4 is 5.32 Å². The Hall–Kier alpha value is -0.760. The third-order valence-corrected chi connectivity index (χ3v) is 0.957. The molecule has 1 rings (SSSR count). The van der Waals surface area contributed by atoms with E-state index < -0.39 is 0 Å². The molecular weight excluding hydrogens is 124 g/mol. The molecule has 0 spiro atoms. The average Bonchev–Trinajstić information content (AvgIpc) is 1.64. The molecule has 0 unspecified atom stereocenters. The number of halogens is 1. The summed E-state index contributed by atoms with van der Waals surface area (Å²) in [7, 11) is 0. The van der Waals surface area contributed by atoms with Crippen molar-refractivity contribution in [2.75, 3.05) is 0 Å². The first kappa shape index (κ1) is 5.38. The molecule has 0 aromatic heterocycles. The van der Waals surface area contributed by atoms with Gasteiger partial charge in [-0.1, -0.05) is 11.6 Å². The van der Waals surface area contributed by atoms with Crippen molar-refractivity contribution in [3.8, 4) is 0 Å². The van der Waals surface area contributed by atoms with Gasteiger partial charge in [0.05, 0.1) is 0 Å². The Morgan fingerprint density at radius 1 is 1.62 bits per heavy atom. The Kier molecular flexibility index (Phi) is 1.35. The van der Waals surface area contributed by atoms with Crippen LogP contribution in [0.15, 0.2) is 23.4 Å². The molecule has 3 heteroatoms. The topological polar surface area (TPSA) is 38.0 Å². The van der Waals surface area contributed by atoms with E-state index in [0.717, 1.165) is 0 Å². The Morgan fingerprint density at radius 3 is 2.75 bits per heavy atom. The van der Waals surface area contributed by atoms with Crippen LogP contribution in [0.3, 0.4) is 0 Å². The molecule has 8 heavy (non-hydrogen) atoms. The van der Waals surface area contributed by atoms with E-state index in [-0.39, 0.29) is 5.84 Å². The summed E-state index contributed by atoms with van der Waals surface area (Å²) in [5.41, 5.74) is 0. The summed E-state index contributed by atoms with van der Waals surface area (Å²) in [5.74, 6) is 0.206. The molecule has 41 valence electrons. The van der Waals surface area contributed by atoms with Crippen molar-refractivity contribution >= 4 is 17.4 Å². The first-order chi connectivity index (χ1) is 3.79. The van der Waals surface area contributed by atoms with Crippen LogP contribution in [-0.4, -0.2) is 5.84 Å². The molecule has 0 saturated carbocycles. The van der Waals surface area contributed by atoms with Crippen LogP contribution in [0.1, 0.15) is 0 Å². The molecule has 0 atom stereocenters. The second kappa shape index (κ2) is 2.01. The van der Waals surface area contributed by atoms with Crippen LogP contribution in [0.4, 0.5) is 0 Å². The quantitative estimate of drug-likeness (QED) is 0.508. The number of rotatable bonds is 0. The lowest BCUT2D eigenvalue weighted by molar-refractivity contribution is 1.20. The van der Waals surface area contributed by atoms with E-state index in [1.807, 2.05) is 0 Å². The van der Waals surface area contributed by atoms with Crippen molar-refractivity contribution in [3.63, 3.8) is 0 Å². The van der Waals surface area contributed by atoms with Crippen molar-refractivity contribution in [2.45, 2.75) is 0 Å². The number of hydrogen-bond donors (Lipinski definition) is 1. The van der Waals surface area contributed by atoms with Crippen LogP contribution in [-0.2, 0) is 0 Å². The third-order valence-electron chi connectivity index (χ3n) is 0.722. The van der Waals surface area contributed by atoms with Crippen LogP contribution in [0.5, 0.6) is 0 Å². The largest absolute Gasteiger partial charge is 0.283 e. The van der Waals surface area contributed by atoms with Gasteiger partial charge in [-0.05, 0) is 6.08 Å². The maximum atomic E-state index is 6.94. The predicted molar refractivity (Wildman–Crippen MR) is 32.9 cm³/mol. The van der Waals surface area contributed by atoms with E-state index in [0.29, 0.717) is 5.03 Å². The van der Waals surface area contributed by atoms with E-state index in [1.54, 1.807) is 6.08 Å². The van der Waals surface area contributed by atoms with E-state index >= 15 is 0 Å². The molecule has 1 aliphatic rings. The van der Waals surface area contributed by atoms with Gasteiger partial charge in [-0.2, -0.15) is 0 Å². The monoisotopic (exact) mass is 127 g/mol. The molecule has 0 fully saturated rings. The molecule has 0 amide bonds. The Balaban J connectivity index is 2.77. The molecule has 0 aliphatic carbocycles. The minimum atomic E-state index is 0.206. The summed E-state index contributed by atoms with van der Waals surface area (Å²) >= 11 is 5.48. The van der Waals surface area contributed by atoms with Gasteiger partial charge in [0.15, 0.2) is 0 Å². The highest BCUT2D eigenvalue weighted by Gasteiger charge is 1.96. The number of amidine groups is 1. The molecule has 0 aromatic carbocycles. The SMILES string of the molecule is N=C1C=C(Cl)C=C[N]1. The molecule has 2 nitrogen and oxygen atoms in total. The van der Waals surface area contributed by atoms with Crippen LogP contribution in [0.2, 0.25) is 0 Å². The molecule has 0 bridgehead atoms. The minimum Gasteiger partial charge on any atom is -0.283 e. The number of nitrogens with zero attached hydrogens (tertiary/aromatic N) is 1. The van der Waals surface area contributed by atoms with Gasteiger partial charge in [0.1, 0.15) is 5.84 Å². The van der Waals surface area contributed by atoms with Crippen LogP contribution in [0.25, 0.3) is 0 Å². The average molecular weight is 128 g/mol. The van der Waals surface area contributed by atoms with Crippen LogP contribution in [0, 0.1) is 5.41 Å². The van der Waals surface area contributed by atoms with Gasteiger partial charge in [-0.15, -0.1) is 0 Å². The standard InChI is InChI=1S/C5H4ClN2/c6-4-1-2-8-5(7)3-4/h1-3,7H. The van der Waals surface area contributed by atoms with E-state index in [1.165, 1.54) is 12.3 Å². The summed E-state index contributed by atoms with van der Waals surface area (Å²) < 4.78 is 0. The predicted octanol–water partition coefficient (Wildman–Crippen LogP) is 1.22. The lowest BCUT2D eigenvalue weighted by atomic mass is 10.4. The van der Waals surface area contributed by atoms with Crippen molar-refractivity contribution < 1.29 is 0 Å². The molecule has 1 heterocycles. The maximum Gasteiger partial charge on any atom is 0.145 e.